The summed E-state index contributed by atoms with van der Waals surface area (Å²) in [6.45, 7) is 9.16. The molecule has 0 bridgehead atoms. The fourth-order valence-electron chi connectivity index (χ4n) is 3.42. The van der Waals surface area contributed by atoms with Crippen LogP contribution in [0.2, 0.25) is 0 Å². The fraction of sp³-hybridized carbons (Fsp3) is 0.571. The monoisotopic (exact) mass is 470 g/mol. The molecule has 0 spiro atoms. The van der Waals surface area contributed by atoms with E-state index >= 15 is 0 Å². The summed E-state index contributed by atoms with van der Waals surface area (Å²) in [5, 5.41) is 6.54. The smallest absolute Gasteiger partial charge is 0.191 e. The number of piperidine rings is 1. The van der Waals surface area contributed by atoms with Crippen LogP contribution in [0, 0.1) is 5.92 Å². The second kappa shape index (κ2) is 14.0. The van der Waals surface area contributed by atoms with E-state index in [9.17, 15) is 0 Å². The van der Waals surface area contributed by atoms with Gasteiger partial charge in [-0.25, -0.2) is 0 Å². The van der Waals surface area contributed by atoms with Crippen molar-refractivity contribution in [3.05, 3.63) is 48.6 Å². The third kappa shape index (κ3) is 9.03. The Hall–Kier alpha value is -1.08. The molecule has 1 heterocycles. The van der Waals surface area contributed by atoms with Crippen molar-refractivity contribution >= 4 is 29.9 Å². The molecule has 4 nitrogen and oxygen atoms in total. The Labute approximate surface area is 176 Å². The van der Waals surface area contributed by atoms with Crippen molar-refractivity contribution in [1.29, 1.82) is 0 Å². The van der Waals surface area contributed by atoms with Crippen LogP contribution in [0.25, 0.3) is 0 Å². The zero-order valence-corrected chi connectivity index (χ0v) is 18.5. The Bertz CT molecular complexity index is 510. The van der Waals surface area contributed by atoms with Crippen LogP contribution in [0.5, 0.6) is 0 Å². The lowest BCUT2D eigenvalue weighted by Crippen LogP contribution is -2.38. The fourth-order valence-corrected chi connectivity index (χ4v) is 3.42. The van der Waals surface area contributed by atoms with Gasteiger partial charge in [0.15, 0.2) is 5.96 Å². The number of guanidine groups is 1. The Morgan fingerprint density at radius 3 is 2.58 bits per heavy atom. The molecule has 0 aliphatic carbocycles. The predicted molar refractivity (Wildman–Crippen MR) is 124 cm³/mol. The van der Waals surface area contributed by atoms with E-state index in [4.69, 9.17) is 0 Å². The average molecular weight is 470 g/mol. The normalized spacial score (nSPS) is 16.0. The maximum Gasteiger partial charge on any atom is 0.191 e. The molecule has 5 heteroatoms. The van der Waals surface area contributed by atoms with Gasteiger partial charge in [0, 0.05) is 20.1 Å². The lowest BCUT2D eigenvalue weighted by molar-refractivity contribution is 0.181. The SMILES string of the molecule is C=CCNC(=NC)NCCCCN1CCC(Cc2ccccc2)CC1.I. The second-order valence-corrected chi connectivity index (χ2v) is 6.85. The summed E-state index contributed by atoms with van der Waals surface area (Å²) >= 11 is 0. The molecular weight excluding hydrogens is 435 g/mol. The summed E-state index contributed by atoms with van der Waals surface area (Å²) in [6, 6.07) is 10.9. The summed E-state index contributed by atoms with van der Waals surface area (Å²) < 4.78 is 0. The first kappa shape index (κ1) is 23.0. The molecule has 2 N–H and O–H groups in total. The van der Waals surface area contributed by atoms with Crippen LogP contribution in [-0.2, 0) is 6.42 Å². The number of hydrogen-bond donors (Lipinski definition) is 2. The van der Waals surface area contributed by atoms with Gasteiger partial charge < -0.3 is 15.5 Å². The number of halogens is 1. The van der Waals surface area contributed by atoms with Crippen LogP contribution in [0.15, 0.2) is 48.0 Å². The molecule has 1 aliphatic heterocycles. The van der Waals surface area contributed by atoms with Gasteiger partial charge in [-0.2, -0.15) is 0 Å². The van der Waals surface area contributed by atoms with Crippen molar-refractivity contribution in [3.63, 3.8) is 0 Å². The summed E-state index contributed by atoms with van der Waals surface area (Å²) in [5.41, 5.74) is 1.49. The average Bonchev–Trinajstić information content (AvgIpc) is 2.66. The van der Waals surface area contributed by atoms with Gasteiger partial charge >= 0.3 is 0 Å². The molecule has 0 radical (unpaired) electrons. The van der Waals surface area contributed by atoms with Gasteiger partial charge in [-0.1, -0.05) is 36.4 Å². The van der Waals surface area contributed by atoms with Gasteiger partial charge in [0.25, 0.3) is 0 Å². The standard InChI is InChI=1S/C21H34N4.HI/c1-3-13-23-21(22-2)24-14-7-8-15-25-16-11-20(12-17-25)18-19-9-5-4-6-10-19;/h3-6,9-10,20H,1,7-8,11-18H2,2H3,(H2,22,23,24);1H. The third-order valence-electron chi connectivity index (χ3n) is 4.91. The van der Waals surface area contributed by atoms with Gasteiger partial charge in [-0.3, -0.25) is 4.99 Å². The number of unbranched alkanes of at least 4 members (excludes halogenated alkanes) is 1. The Morgan fingerprint density at radius 1 is 1.19 bits per heavy atom. The number of likely N-dealkylation sites (tertiary alicyclic amines) is 1. The number of nitrogens with zero attached hydrogens (tertiary/aromatic N) is 2. The van der Waals surface area contributed by atoms with Crippen LogP contribution < -0.4 is 10.6 Å². The van der Waals surface area contributed by atoms with Crippen LogP contribution in [0.4, 0.5) is 0 Å². The first-order valence-corrected chi connectivity index (χ1v) is 9.63. The lowest BCUT2D eigenvalue weighted by atomic mass is 9.90. The highest BCUT2D eigenvalue weighted by Gasteiger charge is 2.18. The van der Waals surface area contributed by atoms with Gasteiger partial charge in [0.05, 0.1) is 0 Å². The summed E-state index contributed by atoms with van der Waals surface area (Å²) in [4.78, 5) is 6.82. The van der Waals surface area contributed by atoms with Crippen LogP contribution in [-0.4, -0.2) is 50.6 Å². The van der Waals surface area contributed by atoms with E-state index in [2.05, 4.69) is 57.4 Å². The summed E-state index contributed by atoms with van der Waals surface area (Å²) in [7, 11) is 1.80. The highest BCUT2D eigenvalue weighted by molar-refractivity contribution is 14.0. The van der Waals surface area contributed by atoms with E-state index in [1.165, 1.54) is 57.3 Å². The van der Waals surface area contributed by atoms with Crippen molar-refractivity contribution in [2.24, 2.45) is 10.9 Å². The quantitative estimate of drug-likeness (QED) is 0.190. The first-order chi connectivity index (χ1) is 12.3. The molecular formula is C21H35IN4. The molecule has 1 aromatic rings. The minimum Gasteiger partial charge on any atom is -0.356 e. The van der Waals surface area contributed by atoms with Crippen molar-refractivity contribution < 1.29 is 0 Å². The second-order valence-electron chi connectivity index (χ2n) is 6.85. The minimum absolute atomic E-state index is 0. The molecule has 2 rings (SSSR count). The maximum absolute atomic E-state index is 4.19. The van der Waals surface area contributed by atoms with Crippen molar-refractivity contribution in [3.8, 4) is 0 Å². The number of nitrogens with one attached hydrogen (secondary N) is 2. The molecule has 0 saturated carbocycles. The van der Waals surface area contributed by atoms with E-state index in [-0.39, 0.29) is 24.0 Å². The molecule has 0 amide bonds. The van der Waals surface area contributed by atoms with Crippen LogP contribution in [0.3, 0.4) is 0 Å². The molecule has 1 fully saturated rings. The number of aliphatic imine (C=N–C) groups is 1. The van der Waals surface area contributed by atoms with Gasteiger partial charge in [0.1, 0.15) is 0 Å². The predicted octanol–water partition coefficient (Wildman–Crippen LogP) is 3.69. The van der Waals surface area contributed by atoms with Crippen molar-refractivity contribution in [2.45, 2.75) is 32.1 Å². The molecule has 146 valence electrons. The van der Waals surface area contributed by atoms with E-state index in [1.54, 1.807) is 7.05 Å². The number of hydrogen-bond acceptors (Lipinski definition) is 2. The molecule has 0 unspecified atom stereocenters. The maximum atomic E-state index is 4.19. The Kier molecular flexibility index (Phi) is 12.4. The van der Waals surface area contributed by atoms with Crippen molar-refractivity contribution in [1.82, 2.24) is 15.5 Å². The molecule has 0 atom stereocenters. The molecule has 1 aliphatic rings. The lowest BCUT2D eigenvalue weighted by Gasteiger charge is -2.32. The number of benzene rings is 1. The van der Waals surface area contributed by atoms with Gasteiger partial charge in [0.2, 0.25) is 0 Å². The largest absolute Gasteiger partial charge is 0.356 e. The van der Waals surface area contributed by atoms with Gasteiger partial charge in [-0.05, 0) is 63.2 Å². The van der Waals surface area contributed by atoms with Crippen LogP contribution in [0.1, 0.15) is 31.2 Å². The highest BCUT2D eigenvalue weighted by Crippen LogP contribution is 2.21. The van der Waals surface area contributed by atoms with E-state index in [0.717, 1.165) is 25.0 Å². The topological polar surface area (TPSA) is 39.7 Å². The highest BCUT2D eigenvalue weighted by atomic mass is 127. The molecule has 1 saturated heterocycles. The zero-order chi connectivity index (χ0) is 17.7. The van der Waals surface area contributed by atoms with Crippen LogP contribution >= 0.6 is 24.0 Å². The zero-order valence-electron chi connectivity index (χ0n) is 16.1. The van der Waals surface area contributed by atoms with E-state index in [0.29, 0.717) is 0 Å². The Morgan fingerprint density at radius 2 is 1.92 bits per heavy atom. The molecule has 1 aromatic carbocycles. The van der Waals surface area contributed by atoms with E-state index in [1.807, 2.05) is 6.08 Å². The summed E-state index contributed by atoms with van der Waals surface area (Å²) in [5.74, 6) is 1.72. The van der Waals surface area contributed by atoms with Gasteiger partial charge in [-0.15, -0.1) is 30.6 Å². The summed E-state index contributed by atoms with van der Waals surface area (Å²) in [6.07, 6.45) is 8.19. The first-order valence-electron chi connectivity index (χ1n) is 9.63. The minimum atomic E-state index is 0. The molecule has 0 aromatic heterocycles. The Balaban J connectivity index is 0.00000338. The third-order valence-corrected chi connectivity index (χ3v) is 4.91. The van der Waals surface area contributed by atoms with Crippen molar-refractivity contribution in [2.75, 3.05) is 39.8 Å². The van der Waals surface area contributed by atoms with E-state index < -0.39 is 0 Å². The molecule has 26 heavy (non-hydrogen) atoms. The number of rotatable bonds is 9.